The number of hydrogen-bond donors (Lipinski definition) is 2. The Morgan fingerprint density at radius 3 is 2.23 bits per heavy atom. The first-order valence-electron chi connectivity index (χ1n) is 6.50. The highest BCUT2D eigenvalue weighted by atomic mass is 32.2. The van der Waals surface area contributed by atoms with Gasteiger partial charge in [0.25, 0.3) is 0 Å². The van der Waals surface area contributed by atoms with Gasteiger partial charge in [-0.15, -0.1) is 0 Å². The van der Waals surface area contributed by atoms with Crippen molar-refractivity contribution < 1.29 is 17.4 Å². The van der Waals surface area contributed by atoms with Gasteiger partial charge in [-0.3, -0.25) is 10.6 Å². The lowest BCUT2D eigenvalue weighted by Gasteiger charge is -2.06. The Bertz CT molecular complexity index is 753. The van der Waals surface area contributed by atoms with E-state index in [4.69, 9.17) is 5.84 Å². The predicted molar refractivity (Wildman–Crippen MR) is 82.4 cm³/mol. The molecule has 2 rings (SSSR count). The van der Waals surface area contributed by atoms with Crippen LogP contribution in [0.15, 0.2) is 53.4 Å². The molecule has 0 aliphatic heterocycles. The van der Waals surface area contributed by atoms with Gasteiger partial charge in [0.2, 0.25) is 0 Å². The first-order chi connectivity index (χ1) is 10.4. The summed E-state index contributed by atoms with van der Waals surface area (Å²) in [5.41, 5.74) is 4.69. The molecule has 3 N–H and O–H groups in total. The number of aryl methyl sites for hydroxylation is 1. The molecule has 0 aromatic heterocycles. The summed E-state index contributed by atoms with van der Waals surface area (Å²) in [6.45, 7) is 1.84. The van der Waals surface area contributed by atoms with E-state index in [-0.39, 0.29) is 11.3 Å². The highest BCUT2D eigenvalue weighted by Gasteiger charge is 2.20. The number of nitrogens with one attached hydrogen (secondary N) is 1. The Morgan fingerprint density at radius 2 is 1.68 bits per heavy atom. The van der Waals surface area contributed by atoms with Gasteiger partial charge in [0.05, 0.1) is 6.42 Å². The van der Waals surface area contributed by atoms with Gasteiger partial charge in [0, 0.05) is 5.69 Å². The van der Waals surface area contributed by atoms with Crippen LogP contribution < -0.4 is 11.3 Å². The number of nitrogens with two attached hydrogens (primary N) is 1. The second-order valence-electron chi connectivity index (χ2n) is 4.74. The van der Waals surface area contributed by atoms with Gasteiger partial charge in [0.1, 0.15) is 4.90 Å². The Labute approximate surface area is 129 Å². The maximum absolute atomic E-state index is 12.0. The van der Waals surface area contributed by atoms with Crippen molar-refractivity contribution in [2.24, 2.45) is 5.84 Å². The number of anilines is 1. The minimum Gasteiger partial charge on any atom is -0.342 e. The zero-order valence-electron chi connectivity index (χ0n) is 11.9. The number of nitrogen functional groups attached to an aromatic ring is 1. The third-order valence-electron chi connectivity index (χ3n) is 2.98. The maximum atomic E-state index is 12.0. The predicted octanol–water partition coefficient (Wildman–Crippen LogP) is 1.76. The quantitative estimate of drug-likeness (QED) is 0.495. The lowest BCUT2D eigenvalue weighted by Crippen LogP contribution is -2.15. The van der Waals surface area contributed by atoms with Crippen LogP contribution in [0.25, 0.3) is 0 Å². The van der Waals surface area contributed by atoms with Gasteiger partial charge in [-0.1, -0.05) is 29.8 Å². The zero-order chi connectivity index (χ0) is 16.2. The molecule has 0 saturated heterocycles. The van der Waals surface area contributed by atoms with Crippen molar-refractivity contribution in [2.75, 3.05) is 5.43 Å². The fraction of sp³-hybridized carbons (Fsp3) is 0.133. The first kappa shape index (κ1) is 16.0. The SMILES string of the molecule is Cc1ccc(S(=O)(=O)OC(=O)Cc2ccc(NN)cc2)cc1. The van der Waals surface area contributed by atoms with Crippen molar-refractivity contribution in [3.05, 3.63) is 59.7 Å². The fourth-order valence-corrected chi connectivity index (χ4v) is 2.66. The third kappa shape index (κ3) is 4.06. The number of carbonyl (C=O) groups is 1. The molecule has 0 spiro atoms. The molecule has 0 amide bonds. The summed E-state index contributed by atoms with van der Waals surface area (Å²) in [6.07, 6.45) is -0.143. The average Bonchev–Trinajstić information content (AvgIpc) is 2.48. The molecule has 0 fully saturated rings. The second kappa shape index (κ2) is 6.59. The van der Waals surface area contributed by atoms with E-state index < -0.39 is 16.1 Å². The molecule has 0 unspecified atom stereocenters. The Morgan fingerprint density at radius 1 is 1.09 bits per heavy atom. The maximum Gasteiger partial charge on any atom is 0.341 e. The summed E-state index contributed by atoms with van der Waals surface area (Å²) >= 11 is 0. The molecule has 7 heteroatoms. The van der Waals surface area contributed by atoms with Crippen LogP contribution in [0, 0.1) is 6.92 Å². The summed E-state index contributed by atoms with van der Waals surface area (Å²) in [4.78, 5) is 11.7. The van der Waals surface area contributed by atoms with Crippen LogP contribution in [0.1, 0.15) is 11.1 Å². The number of hydrogen-bond acceptors (Lipinski definition) is 6. The van der Waals surface area contributed by atoms with Gasteiger partial charge in [-0.2, -0.15) is 8.42 Å². The monoisotopic (exact) mass is 320 g/mol. The lowest BCUT2D eigenvalue weighted by molar-refractivity contribution is -0.133. The molecule has 0 bridgehead atoms. The van der Waals surface area contributed by atoms with E-state index in [0.717, 1.165) is 5.56 Å². The van der Waals surface area contributed by atoms with Crippen LogP contribution in [-0.2, 0) is 25.5 Å². The van der Waals surface area contributed by atoms with Gasteiger partial charge < -0.3 is 9.61 Å². The molecule has 0 saturated carbocycles. The minimum absolute atomic E-state index is 0.0471. The average molecular weight is 320 g/mol. The highest BCUT2D eigenvalue weighted by molar-refractivity contribution is 7.87. The summed E-state index contributed by atoms with van der Waals surface area (Å²) in [7, 11) is -4.09. The molecular weight excluding hydrogens is 304 g/mol. The number of rotatable bonds is 5. The lowest BCUT2D eigenvalue weighted by atomic mass is 10.1. The van der Waals surface area contributed by atoms with Crippen molar-refractivity contribution in [1.82, 2.24) is 0 Å². The third-order valence-corrected chi connectivity index (χ3v) is 4.24. The first-order valence-corrected chi connectivity index (χ1v) is 7.91. The topological polar surface area (TPSA) is 98.5 Å². The normalized spacial score (nSPS) is 11.0. The van der Waals surface area contributed by atoms with Crippen molar-refractivity contribution >= 4 is 21.8 Å². The van der Waals surface area contributed by atoms with Crippen molar-refractivity contribution in [1.29, 1.82) is 0 Å². The molecule has 2 aromatic rings. The Balaban J connectivity index is 2.05. The van der Waals surface area contributed by atoms with E-state index in [1.807, 2.05) is 6.92 Å². The van der Waals surface area contributed by atoms with Crippen LogP contribution in [0.4, 0.5) is 5.69 Å². The standard InChI is InChI=1S/C15H16N2O4S/c1-11-2-8-14(9-3-11)22(19,20)21-15(18)10-12-4-6-13(17-16)7-5-12/h2-9,17H,10,16H2,1H3. The summed E-state index contributed by atoms with van der Waals surface area (Å²) in [6, 6.07) is 12.8. The molecule has 0 radical (unpaired) electrons. The smallest absolute Gasteiger partial charge is 0.341 e. The van der Waals surface area contributed by atoms with Crippen LogP contribution >= 0.6 is 0 Å². The Hall–Kier alpha value is -2.38. The van der Waals surface area contributed by atoms with Gasteiger partial charge >= 0.3 is 16.1 Å². The number of benzene rings is 2. The molecule has 116 valence electrons. The van der Waals surface area contributed by atoms with Crippen molar-refractivity contribution in [2.45, 2.75) is 18.2 Å². The zero-order valence-corrected chi connectivity index (χ0v) is 12.8. The van der Waals surface area contributed by atoms with E-state index in [2.05, 4.69) is 9.61 Å². The highest BCUT2D eigenvalue weighted by Crippen LogP contribution is 2.15. The number of carbonyl (C=O) groups excluding carboxylic acids is 1. The van der Waals surface area contributed by atoms with E-state index in [0.29, 0.717) is 11.3 Å². The molecule has 22 heavy (non-hydrogen) atoms. The largest absolute Gasteiger partial charge is 0.342 e. The summed E-state index contributed by atoms with van der Waals surface area (Å²) in [5.74, 6) is 4.40. The van der Waals surface area contributed by atoms with Crippen LogP contribution in [0.2, 0.25) is 0 Å². The Kier molecular flexibility index (Phi) is 4.79. The molecule has 6 nitrogen and oxygen atoms in total. The molecule has 0 heterocycles. The molecule has 0 aliphatic carbocycles. The van der Waals surface area contributed by atoms with E-state index in [9.17, 15) is 13.2 Å². The minimum atomic E-state index is -4.09. The van der Waals surface area contributed by atoms with E-state index in [1.54, 1.807) is 36.4 Å². The van der Waals surface area contributed by atoms with Gasteiger partial charge in [-0.25, -0.2) is 0 Å². The van der Waals surface area contributed by atoms with Gasteiger partial charge in [0.15, 0.2) is 0 Å². The second-order valence-corrected chi connectivity index (χ2v) is 6.29. The summed E-state index contributed by atoms with van der Waals surface area (Å²) in [5, 5.41) is 0. The van der Waals surface area contributed by atoms with Crippen molar-refractivity contribution in [3.63, 3.8) is 0 Å². The van der Waals surface area contributed by atoms with E-state index in [1.165, 1.54) is 12.1 Å². The fourth-order valence-electron chi connectivity index (χ4n) is 1.79. The summed E-state index contributed by atoms with van der Waals surface area (Å²) < 4.78 is 28.6. The van der Waals surface area contributed by atoms with Gasteiger partial charge in [-0.05, 0) is 36.8 Å². The van der Waals surface area contributed by atoms with Crippen LogP contribution in [0.3, 0.4) is 0 Å². The van der Waals surface area contributed by atoms with Crippen LogP contribution in [0.5, 0.6) is 0 Å². The molecule has 0 aliphatic rings. The van der Waals surface area contributed by atoms with Crippen molar-refractivity contribution in [3.8, 4) is 0 Å². The van der Waals surface area contributed by atoms with E-state index >= 15 is 0 Å². The number of hydrazine groups is 1. The molecular formula is C15H16N2O4S. The van der Waals surface area contributed by atoms with Crippen LogP contribution in [-0.4, -0.2) is 14.4 Å². The molecule has 0 atom stereocenters. The molecule has 2 aromatic carbocycles.